The summed E-state index contributed by atoms with van der Waals surface area (Å²) in [5.74, 6) is -1.17. The third kappa shape index (κ3) is 2.62. The molecule has 0 radical (unpaired) electrons. The van der Waals surface area contributed by atoms with Crippen molar-refractivity contribution in [2.75, 3.05) is 0 Å². The van der Waals surface area contributed by atoms with Crippen LogP contribution in [-0.4, -0.2) is 22.0 Å². The molecule has 1 atom stereocenters. The van der Waals surface area contributed by atoms with Crippen LogP contribution in [0.5, 0.6) is 5.88 Å². The standard InChI is InChI=1S/C11H9ClN2O3/c1-6(11(15)16)17-10-5-13-9-4-7(12)2-3-8(9)14-10/h2-6H,1H3,(H,15,16)/p-1. The summed E-state index contributed by atoms with van der Waals surface area (Å²) < 4.78 is 5.05. The van der Waals surface area contributed by atoms with E-state index in [0.29, 0.717) is 16.1 Å². The van der Waals surface area contributed by atoms with Crippen molar-refractivity contribution in [1.29, 1.82) is 0 Å². The second-order valence-electron chi connectivity index (χ2n) is 3.42. The van der Waals surface area contributed by atoms with Gasteiger partial charge in [0.15, 0.2) is 0 Å². The van der Waals surface area contributed by atoms with Gasteiger partial charge in [-0.15, -0.1) is 0 Å². The molecule has 0 amide bonds. The third-order valence-electron chi connectivity index (χ3n) is 2.11. The van der Waals surface area contributed by atoms with Crippen molar-refractivity contribution in [1.82, 2.24) is 9.97 Å². The SMILES string of the molecule is CC(Oc1cnc2cc(Cl)ccc2n1)C(=O)[O-]. The van der Waals surface area contributed by atoms with E-state index in [1.807, 2.05) is 0 Å². The maximum Gasteiger partial charge on any atom is 0.233 e. The number of benzene rings is 1. The molecule has 6 heteroatoms. The van der Waals surface area contributed by atoms with E-state index in [1.165, 1.54) is 13.1 Å². The Morgan fingerprint density at radius 2 is 2.24 bits per heavy atom. The predicted octanol–water partition coefficient (Wildman–Crippen LogP) is 0.800. The van der Waals surface area contributed by atoms with Crippen molar-refractivity contribution < 1.29 is 14.6 Å². The lowest BCUT2D eigenvalue weighted by atomic mass is 10.3. The molecule has 0 aliphatic heterocycles. The number of carbonyl (C=O) groups is 1. The molecule has 1 aromatic carbocycles. The second kappa shape index (κ2) is 4.55. The van der Waals surface area contributed by atoms with Gasteiger partial charge in [-0.2, -0.15) is 0 Å². The molecule has 0 fully saturated rings. The summed E-state index contributed by atoms with van der Waals surface area (Å²) in [6.07, 6.45) is 0.270. The van der Waals surface area contributed by atoms with E-state index in [4.69, 9.17) is 16.3 Å². The minimum absolute atomic E-state index is 0.136. The monoisotopic (exact) mass is 251 g/mol. The summed E-state index contributed by atoms with van der Waals surface area (Å²) in [6.45, 7) is 1.36. The van der Waals surface area contributed by atoms with Gasteiger partial charge in [-0.1, -0.05) is 11.6 Å². The number of ether oxygens (including phenoxy) is 1. The summed E-state index contributed by atoms with van der Waals surface area (Å²) >= 11 is 5.80. The summed E-state index contributed by atoms with van der Waals surface area (Å²) in [6, 6.07) is 5.02. The molecular weight excluding hydrogens is 244 g/mol. The molecule has 0 N–H and O–H groups in total. The van der Waals surface area contributed by atoms with E-state index in [-0.39, 0.29) is 5.88 Å². The highest BCUT2D eigenvalue weighted by Gasteiger charge is 2.07. The summed E-state index contributed by atoms with van der Waals surface area (Å²) in [5.41, 5.74) is 1.20. The Morgan fingerprint density at radius 1 is 1.47 bits per heavy atom. The lowest BCUT2D eigenvalue weighted by Crippen LogP contribution is -2.37. The van der Waals surface area contributed by atoms with E-state index in [9.17, 15) is 9.90 Å². The maximum absolute atomic E-state index is 10.5. The molecule has 17 heavy (non-hydrogen) atoms. The van der Waals surface area contributed by atoms with Crippen LogP contribution in [0.15, 0.2) is 24.4 Å². The Morgan fingerprint density at radius 3 is 2.94 bits per heavy atom. The van der Waals surface area contributed by atoms with Crippen LogP contribution in [0.1, 0.15) is 6.92 Å². The van der Waals surface area contributed by atoms with E-state index < -0.39 is 12.1 Å². The van der Waals surface area contributed by atoms with Crippen molar-refractivity contribution >= 4 is 28.6 Å². The molecule has 0 aliphatic carbocycles. The molecule has 2 rings (SSSR count). The van der Waals surface area contributed by atoms with E-state index >= 15 is 0 Å². The first-order valence-corrected chi connectivity index (χ1v) is 5.24. The van der Waals surface area contributed by atoms with E-state index in [1.54, 1.807) is 18.2 Å². The highest BCUT2D eigenvalue weighted by molar-refractivity contribution is 6.31. The number of hydrogen-bond donors (Lipinski definition) is 0. The number of aliphatic carboxylic acids is 1. The topological polar surface area (TPSA) is 75.1 Å². The van der Waals surface area contributed by atoms with Gasteiger partial charge in [0.25, 0.3) is 0 Å². The molecule has 0 saturated carbocycles. The van der Waals surface area contributed by atoms with Gasteiger partial charge in [-0.05, 0) is 25.1 Å². The molecule has 1 aromatic heterocycles. The van der Waals surface area contributed by atoms with Crippen molar-refractivity contribution in [3.05, 3.63) is 29.4 Å². The highest BCUT2D eigenvalue weighted by Crippen LogP contribution is 2.18. The molecule has 2 aromatic rings. The number of hydrogen-bond acceptors (Lipinski definition) is 5. The third-order valence-corrected chi connectivity index (χ3v) is 2.35. The Bertz CT molecular complexity index is 574. The van der Waals surface area contributed by atoms with Crippen LogP contribution in [-0.2, 0) is 4.79 Å². The Balaban J connectivity index is 2.32. The lowest BCUT2D eigenvalue weighted by molar-refractivity contribution is -0.312. The van der Waals surface area contributed by atoms with Crippen LogP contribution in [0.25, 0.3) is 11.0 Å². The van der Waals surface area contributed by atoms with Gasteiger partial charge in [0, 0.05) is 5.02 Å². The Kier molecular flexibility index (Phi) is 3.10. The van der Waals surface area contributed by atoms with Crippen molar-refractivity contribution in [2.24, 2.45) is 0 Å². The largest absolute Gasteiger partial charge is 0.546 e. The van der Waals surface area contributed by atoms with Crippen LogP contribution in [0.3, 0.4) is 0 Å². The normalized spacial score (nSPS) is 12.4. The first kappa shape index (κ1) is 11.6. The lowest BCUT2D eigenvalue weighted by Gasteiger charge is -2.14. The minimum atomic E-state index is -1.30. The van der Waals surface area contributed by atoms with Crippen LogP contribution in [0.2, 0.25) is 5.02 Å². The van der Waals surface area contributed by atoms with Crippen LogP contribution in [0.4, 0.5) is 0 Å². The van der Waals surface area contributed by atoms with Crippen molar-refractivity contribution in [2.45, 2.75) is 13.0 Å². The van der Waals surface area contributed by atoms with Crippen LogP contribution >= 0.6 is 11.6 Å². The molecule has 1 unspecified atom stereocenters. The number of halogens is 1. The van der Waals surface area contributed by atoms with Crippen molar-refractivity contribution in [3.63, 3.8) is 0 Å². The molecule has 88 valence electrons. The smallest absolute Gasteiger partial charge is 0.233 e. The molecule has 0 aliphatic rings. The summed E-state index contributed by atoms with van der Waals surface area (Å²) in [5, 5.41) is 11.1. The van der Waals surface area contributed by atoms with Gasteiger partial charge in [-0.25, -0.2) is 9.97 Å². The molecule has 0 spiro atoms. The average Bonchev–Trinajstić information content (AvgIpc) is 2.29. The average molecular weight is 252 g/mol. The molecule has 0 bridgehead atoms. The fraction of sp³-hybridized carbons (Fsp3) is 0.182. The quantitative estimate of drug-likeness (QED) is 0.807. The fourth-order valence-electron chi connectivity index (χ4n) is 1.25. The molecule has 0 saturated heterocycles. The molecular formula is C11H8ClN2O3-. The maximum atomic E-state index is 10.5. The number of carboxylic acids is 1. The molecule has 5 nitrogen and oxygen atoms in total. The second-order valence-corrected chi connectivity index (χ2v) is 3.86. The van der Waals surface area contributed by atoms with Gasteiger partial charge < -0.3 is 14.6 Å². The number of rotatable bonds is 3. The summed E-state index contributed by atoms with van der Waals surface area (Å²) in [7, 11) is 0. The van der Waals surface area contributed by atoms with Gasteiger partial charge in [0.2, 0.25) is 5.88 Å². The van der Waals surface area contributed by atoms with Gasteiger partial charge in [0.05, 0.1) is 23.2 Å². The molecule has 1 heterocycles. The number of fused-ring (bicyclic) bond motifs is 1. The Hall–Kier alpha value is -1.88. The van der Waals surface area contributed by atoms with Gasteiger partial charge in [0.1, 0.15) is 6.10 Å². The first-order chi connectivity index (χ1) is 8.06. The van der Waals surface area contributed by atoms with Gasteiger partial charge in [-0.3, -0.25) is 0 Å². The van der Waals surface area contributed by atoms with Crippen LogP contribution < -0.4 is 9.84 Å². The minimum Gasteiger partial charge on any atom is -0.546 e. The highest BCUT2D eigenvalue weighted by atomic mass is 35.5. The number of nitrogens with zero attached hydrogens (tertiary/aromatic N) is 2. The van der Waals surface area contributed by atoms with Crippen molar-refractivity contribution in [3.8, 4) is 5.88 Å². The van der Waals surface area contributed by atoms with Crippen LogP contribution in [0, 0.1) is 0 Å². The van der Waals surface area contributed by atoms with E-state index in [2.05, 4.69) is 9.97 Å². The van der Waals surface area contributed by atoms with Gasteiger partial charge >= 0.3 is 0 Å². The number of carbonyl (C=O) groups excluding carboxylic acids is 1. The fourth-order valence-corrected chi connectivity index (χ4v) is 1.42. The number of aromatic nitrogens is 2. The summed E-state index contributed by atoms with van der Waals surface area (Å²) in [4.78, 5) is 18.7. The zero-order chi connectivity index (χ0) is 12.4. The zero-order valence-electron chi connectivity index (χ0n) is 8.88. The predicted molar refractivity (Wildman–Crippen MR) is 59.6 cm³/mol. The zero-order valence-corrected chi connectivity index (χ0v) is 9.64. The van der Waals surface area contributed by atoms with E-state index in [0.717, 1.165) is 0 Å². The Labute approximate surface area is 102 Å². The first-order valence-electron chi connectivity index (χ1n) is 4.86. The number of carboxylic acid groups (broad SMARTS) is 1.